The number of hydrogen-bond acceptors (Lipinski definition) is 3. The molecule has 0 radical (unpaired) electrons. The molecule has 1 atom stereocenters. The van der Waals surface area contributed by atoms with Crippen molar-refractivity contribution in [2.45, 2.75) is 33.7 Å². The second-order valence-electron chi connectivity index (χ2n) is 5.08. The molecule has 112 valence electrons. The molecule has 1 heterocycles. The number of aromatic amines is 1. The zero-order valence-electron chi connectivity index (χ0n) is 12.7. The molecule has 0 saturated heterocycles. The number of rotatable bonds is 4. The molecule has 5 nitrogen and oxygen atoms in total. The molecule has 2 rings (SSSR count). The molecule has 0 aliphatic carbocycles. The van der Waals surface area contributed by atoms with Crippen molar-refractivity contribution in [3.63, 3.8) is 0 Å². The third-order valence-electron chi connectivity index (χ3n) is 3.56. The van der Waals surface area contributed by atoms with E-state index < -0.39 is 12.0 Å². The first-order chi connectivity index (χ1) is 9.93. The van der Waals surface area contributed by atoms with Crippen LogP contribution >= 0.6 is 0 Å². The normalized spacial score (nSPS) is 12.2. The first-order valence-electron chi connectivity index (χ1n) is 7.00. The monoisotopic (exact) mass is 288 g/mol. The fourth-order valence-electron chi connectivity index (χ4n) is 2.21. The third-order valence-corrected chi connectivity index (χ3v) is 3.56. The van der Waals surface area contributed by atoms with Gasteiger partial charge < -0.3 is 15.0 Å². The highest BCUT2D eigenvalue weighted by molar-refractivity contribution is 6.00. The molecule has 0 aliphatic rings. The predicted octanol–water partition coefficient (Wildman–Crippen LogP) is 2.47. The topological polar surface area (TPSA) is 71.2 Å². The summed E-state index contributed by atoms with van der Waals surface area (Å²) in [6, 6.07) is 4.79. The summed E-state index contributed by atoms with van der Waals surface area (Å²) in [4.78, 5) is 27.0. The van der Waals surface area contributed by atoms with Crippen molar-refractivity contribution in [2.24, 2.45) is 0 Å². The highest BCUT2D eigenvalue weighted by atomic mass is 16.5. The van der Waals surface area contributed by atoms with Gasteiger partial charge >= 0.3 is 5.97 Å². The van der Waals surface area contributed by atoms with Gasteiger partial charge in [-0.05, 0) is 51.5 Å². The van der Waals surface area contributed by atoms with Crippen molar-refractivity contribution in [3.8, 4) is 0 Å². The second-order valence-corrected chi connectivity index (χ2v) is 5.08. The number of H-pyrrole nitrogens is 1. The van der Waals surface area contributed by atoms with Gasteiger partial charge in [0.2, 0.25) is 0 Å². The molecule has 0 bridgehead atoms. The lowest BCUT2D eigenvalue weighted by molar-refractivity contribution is -0.144. The van der Waals surface area contributed by atoms with Gasteiger partial charge in [-0.2, -0.15) is 0 Å². The van der Waals surface area contributed by atoms with Gasteiger partial charge in [-0.1, -0.05) is 0 Å². The highest BCUT2D eigenvalue weighted by Gasteiger charge is 2.18. The van der Waals surface area contributed by atoms with E-state index in [4.69, 9.17) is 4.74 Å². The van der Waals surface area contributed by atoms with Crippen LogP contribution in [0.5, 0.6) is 0 Å². The molecule has 1 aromatic heterocycles. The Labute approximate surface area is 123 Å². The number of esters is 1. The van der Waals surface area contributed by atoms with Crippen molar-refractivity contribution in [1.29, 1.82) is 0 Å². The van der Waals surface area contributed by atoms with Crippen LogP contribution in [0.1, 0.15) is 35.5 Å². The number of nitrogens with one attached hydrogen (secondary N) is 2. The fraction of sp³-hybridized carbons (Fsp3) is 0.375. The molecule has 0 spiro atoms. The molecule has 1 aromatic carbocycles. The van der Waals surface area contributed by atoms with E-state index in [0.717, 1.165) is 22.2 Å². The van der Waals surface area contributed by atoms with E-state index in [-0.39, 0.29) is 5.91 Å². The largest absolute Gasteiger partial charge is 0.464 e. The summed E-state index contributed by atoms with van der Waals surface area (Å²) < 4.78 is 4.87. The van der Waals surface area contributed by atoms with Crippen LogP contribution < -0.4 is 5.32 Å². The van der Waals surface area contributed by atoms with Crippen LogP contribution in [0.2, 0.25) is 0 Å². The number of aromatic nitrogens is 1. The van der Waals surface area contributed by atoms with Gasteiger partial charge in [0.1, 0.15) is 6.04 Å². The summed E-state index contributed by atoms with van der Waals surface area (Å²) in [5, 5.41) is 3.67. The van der Waals surface area contributed by atoms with Gasteiger partial charge in [0, 0.05) is 22.2 Å². The quantitative estimate of drug-likeness (QED) is 0.849. The van der Waals surface area contributed by atoms with Gasteiger partial charge in [0.05, 0.1) is 6.61 Å². The molecule has 2 aromatic rings. The van der Waals surface area contributed by atoms with Crippen LogP contribution in [0.4, 0.5) is 0 Å². The average molecular weight is 288 g/mol. The lowest BCUT2D eigenvalue weighted by atomic mass is 10.1. The maximum atomic E-state index is 12.2. The van der Waals surface area contributed by atoms with Crippen molar-refractivity contribution in [3.05, 3.63) is 35.0 Å². The summed E-state index contributed by atoms with van der Waals surface area (Å²) >= 11 is 0. The molecular formula is C16H20N2O3. The minimum Gasteiger partial charge on any atom is -0.464 e. The maximum Gasteiger partial charge on any atom is 0.328 e. The number of carbonyl (C=O) groups is 2. The Morgan fingerprint density at radius 2 is 2.05 bits per heavy atom. The molecule has 0 fully saturated rings. The third kappa shape index (κ3) is 3.07. The fourth-order valence-corrected chi connectivity index (χ4v) is 2.21. The average Bonchev–Trinajstić information content (AvgIpc) is 2.74. The van der Waals surface area contributed by atoms with Gasteiger partial charge in [0.25, 0.3) is 5.91 Å². The molecular weight excluding hydrogens is 268 g/mol. The van der Waals surface area contributed by atoms with Crippen molar-refractivity contribution in [1.82, 2.24) is 10.3 Å². The highest BCUT2D eigenvalue weighted by Crippen LogP contribution is 2.22. The zero-order chi connectivity index (χ0) is 15.6. The van der Waals surface area contributed by atoms with E-state index in [1.165, 1.54) is 0 Å². The summed E-state index contributed by atoms with van der Waals surface area (Å²) in [5.74, 6) is -0.712. The number of ether oxygens (including phenoxy) is 1. The summed E-state index contributed by atoms with van der Waals surface area (Å²) in [6.07, 6.45) is 0. The minimum atomic E-state index is -0.665. The molecule has 21 heavy (non-hydrogen) atoms. The Kier molecular flexibility index (Phi) is 4.31. The van der Waals surface area contributed by atoms with Crippen LogP contribution in [0.15, 0.2) is 18.2 Å². The Morgan fingerprint density at radius 1 is 1.33 bits per heavy atom. The van der Waals surface area contributed by atoms with E-state index >= 15 is 0 Å². The van der Waals surface area contributed by atoms with Crippen LogP contribution in [0.25, 0.3) is 10.9 Å². The molecule has 1 amide bonds. The summed E-state index contributed by atoms with van der Waals surface area (Å²) in [6.45, 7) is 7.65. The van der Waals surface area contributed by atoms with Crippen molar-refractivity contribution in [2.75, 3.05) is 6.61 Å². The zero-order valence-corrected chi connectivity index (χ0v) is 12.7. The molecule has 0 saturated carbocycles. The minimum absolute atomic E-state index is 0.282. The number of fused-ring (bicyclic) bond motifs is 1. The predicted molar refractivity (Wildman–Crippen MR) is 81.3 cm³/mol. The number of aryl methyl sites for hydroxylation is 2. The van der Waals surface area contributed by atoms with Gasteiger partial charge in [-0.25, -0.2) is 4.79 Å². The second kappa shape index (κ2) is 5.99. The van der Waals surface area contributed by atoms with E-state index in [0.29, 0.717) is 12.2 Å². The van der Waals surface area contributed by atoms with Crippen molar-refractivity contribution >= 4 is 22.8 Å². The molecule has 2 N–H and O–H groups in total. The Hall–Kier alpha value is -2.30. The van der Waals surface area contributed by atoms with Crippen LogP contribution in [0.3, 0.4) is 0 Å². The molecule has 0 aliphatic heterocycles. The maximum absolute atomic E-state index is 12.2. The number of carbonyl (C=O) groups excluding carboxylic acids is 2. The van der Waals surface area contributed by atoms with Crippen LogP contribution in [-0.4, -0.2) is 29.5 Å². The SMILES string of the molecule is CCOC(=O)C(C)NC(=O)c1ccc2[nH]c(C)c(C)c2c1. The van der Waals surface area contributed by atoms with Gasteiger partial charge in [-0.3, -0.25) is 4.79 Å². The summed E-state index contributed by atoms with van der Waals surface area (Å²) in [5.41, 5.74) is 3.74. The lowest BCUT2D eigenvalue weighted by Crippen LogP contribution is -2.39. The Balaban J connectivity index is 2.19. The lowest BCUT2D eigenvalue weighted by Gasteiger charge is -2.12. The Bertz CT molecular complexity index is 688. The first-order valence-corrected chi connectivity index (χ1v) is 7.00. The summed E-state index contributed by atoms with van der Waals surface area (Å²) in [7, 11) is 0. The van der Waals surface area contributed by atoms with E-state index in [9.17, 15) is 9.59 Å². The molecule has 1 unspecified atom stereocenters. The van der Waals surface area contributed by atoms with Gasteiger partial charge in [0.15, 0.2) is 0 Å². The standard InChI is InChI=1S/C16H20N2O3/c1-5-21-16(20)11(4)18-15(19)12-6-7-14-13(8-12)9(2)10(3)17-14/h6-8,11,17H,5H2,1-4H3,(H,18,19). The van der Waals surface area contributed by atoms with Gasteiger partial charge in [-0.15, -0.1) is 0 Å². The van der Waals surface area contributed by atoms with Crippen molar-refractivity contribution < 1.29 is 14.3 Å². The van der Waals surface area contributed by atoms with E-state index in [2.05, 4.69) is 10.3 Å². The number of benzene rings is 1. The first kappa shape index (κ1) is 15.1. The number of amides is 1. The van der Waals surface area contributed by atoms with E-state index in [1.54, 1.807) is 19.9 Å². The smallest absolute Gasteiger partial charge is 0.328 e. The molecule has 5 heteroatoms. The van der Waals surface area contributed by atoms with E-state index in [1.807, 2.05) is 26.0 Å². The number of hydrogen-bond donors (Lipinski definition) is 2. The van der Waals surface area contributed by atoms with Crippen LogP contribution in [0, 0.1) is 13.8 Å². The van der Waals surface area contributed by atoms with Crippen LogP contribution in [-0.2, 0) is 9.53 Å². The Morgan fingerprint density at radius 3 is 2.71 bits per heavy atom.